The summed E-state index contributed by atoms with van der Waals surface area (Å²) in [5.41, 5.74) is 3.56. The molecule has 1 aliphatic carbocycles. The summed E-state index contributed by atoms with van der Waals surface area (Å²) in [6.45, 7) is 1.99. The second kappa shape index (κ2) is 5.59. The Hall–Kier alpha value is -1.97. The zero-order valence-electron chi connectivity index (χ0n) is 13.4. The standard InChI is InChI=1S/C19H21FN2O/c1-12-7-8-14(20)19-15(22-11-21-10-16(22)18(12)19)9-17(23)13-5-3-2-4-6-13/h7-8,10-11,13,15H,2-6,9H2,1H3. The quantitative estimate of drug-likeness (QED) is 0.840. The highest BCUT2D eigenvalue weighted by molar-refractivity contribution is 5.83. The number of benzene rings is 1. The lowest BCUT2D eigenvalue weighted by Crippen LogP contribution is -2.21. The molecule has 0 spiro atoms. The summed E-state index contributed by atoms with van der Waals surface area (Å²) in [7, 11) is 0. The van der Waals surface area contributed by atoms with E-state index in [0.717, 1.165) is 42.5 Å². The minimum absolute atomic E-state index is 0.160. The van der Waals surface area contributed by atoms with Crippen molar-refractivity contribution in [3.63, 3.8) is 0 Å². The first kappa shape index (κ1) is 14.6. The minimum Gasteiger partial charge on any atom is -0.322 e. The van der Waals surface area contributed by atoms with Gasteiger partial charge in [-0.25, -0.2) is 9.37 Å². The third-order valence-corrected chi connectivity index (χ3v) is 5.45. The van der Waals surface area contributed by atoms with Crippen LogP contribution in [0.4, 0.5) is 4.39 Å². The number of aryl methyl sites for hydroxylation is 1. The van der Waals surface area contributed by atoms with Crippen LogP contribution in [0.2, 0.25) is 0 Å². The van der Waals surface area contributed by atoms with Crippen LogP contribution < -0.4 is 0 Å². The SMILES string of the molecule is Cc1ccc(F)c2c1-c1cncn1C2CC(=O)C1CCCCC1. The van der Waals surface area contributed by atoms with E-state index in [1.165, 1.54) is 12.5 Å². The maximum Gasteiger partial charge on any atom is 0.138 e. The topological polar surface area (TPSA) is 34.9 Å². The summed E-state index contributed by atoms with van der Waals surface area (Å²) in [6, 6.07) is 3.08. The third-order valence-electron chi connectivity index (χ3n) is 5.45. The van der Waals surface area contributed by atoms with Crippen LogP contribution in [0.15, 0.2) is 24.7 Å². The second-order valence-electron chi connectivity index (χ2n) is 6.86. The lowest BCUT2D eigenvalue weighted by molar-refractivity contribution is -0.124. The van der Waals surface area contributed by atoms with Crippen LogP contribution in [0, 0.1) is 18.7 Å². The molecule has 2 aromatic rings. The molecule has 2 heterocycles. The molecule has 23 heavy (non-hydrogen) atoms. The first-order chi connectivity index (χ1) is 11.2. The molecule has 120 valence electrons. The van der Waals surface area contributed by atoms with Crippen molar-refractivity contribution < 1.29 is 9.18 Å². The number of fused-ring (bicyclic) bond motifs is 3. The smallest absolute Gasteiger partial charge is 0.138 e. The Labute approximate surface area is 135 Å². The van der Waals surface area contributed by atoms with Gasteiger partial charge in [0.1, 0.15) is 11.6 Å². The van der Waals surface area contributed by atoms with Crippen LogP contribution in [0.3, 0.4) is 0 Å². The van der Waals surface area contributed by atoms with Crippen molar-refractivity contribution >= 4 is 5.78 Å². The molecule has 0 radical (unpaired) electrons. The number of aromatic nitrogens is 2. The summed E-state index contributed by atoms with van der Waals surface area (Å²) >= 11 is 0. The van der Waals surface area contributed by atoms with Crippen LogP contribution in [0.25, 0.3) is 11.3 Å². The fraction of sp³-hybridized carbons (Fsp3) is 0.474. The van der Waals surface area contributed by atoms with Gasteiger partial charge >= 0.3 is 0 Å². The van der Waals surface area contributed by atoms with E-state index in [0.29, 0.717) is 12.0 Å². The van der Waals surface area contributed by atoms with Gasteiger partial charge in [0.15, 0.2) is 0 Å². The summed E-state index contributed by atoms with van der Waals surface area (Å²) in [5, 5.41) is 0. The van der Waals surface area contributed by atoms with E-state index < -0.39 is 0 Å². The molecular weight excluding hydrogens is 291 g/mol. The van der Waals surface area contributed by atoms with Crippen LogP contribution in [-0.2, 0) is 4.79 Å². The van der Waals surface area contributed by atoms with E-state index in [4.69, 9.17) is 0 Å². The van der Waals surface area contributed by atoms with Crippen molar-refractivity contribution in [2.75, 3.05) is 0 Å². The second-order valence-corrected chi connectivity index (χ2v) is 6.86. The Balaban J connectivity index is 1.70. The van der Waals surface area contributed by atoms with Gasteiger partial charge in [-0.1, -0.05) is 25.3 Å². The Morgan fingerprint density at radius 2 is 2.09 bits per heavy atom. The Morgan fingerprint density at radius 3 is 2.87 bits per heavy atom. The van der Waals surface area contributed by atoms with Crippen molar-refractivity contribution in [1.82, 2.24) is 9.55 Å². The highest BCUT2D eigenvalue weighted by Crippen LogP contribution is 2.44. The van der Waals surface area contributed by atoms with Crippen molar-refractivity contribution in [1.29, 1.82) is 0 Å². The largest absolute Gasteiger partial charge is 0.322 e. The lowest BCUT2D eigenvalue weighted by Gasteiger charge is -2.23. The zero-order chi connectivity index (χ0) is 16.0. The van der Waals surface area contributed by atoms with E-state index in [1.54, 1.807) is 18.6 Å². The number of carbonyl (C=O) groups is 1. The minimum atomic E-state index is -0.239. The number of carbonyl (C=O) groups excluding carboxylic acids is 1. The van der Waals surface area contributed by atoms with Gasteiger partial charge in [0, 0.05) is 23.5 Å². The van der Waals surface area contributed by atoms with Gasteiger partial charge in [0.2, 0.25) is 0 Å². The number of rotatable bonds is 3. The van der Waals surface area contributed by atoms with E-state index in [2.05, 4.69) is 4.98 Å². The summed E-state index contributed by atoms with van der Waals surface area (Å²) in [5.74, 6) is 0.228. The number of hydrogen-bond donors (Lipinski definition) is 0. The highest BCUT2D eigenvalue weighted by atomic mass is 19.1. The van der Waals surface area contributed by atoms with Crippen LogP contribution in [0.5, 0.6) is 0 Å². The molecule has 1 unspecified atom stereocenters. The van der Waals surface area contributed by atoms with E-state index in [9.17, 15) is 9.18 Å². The molecule has 0 N–H and O–H groups in total. The number of halogens is 1. The monoisotopic (exact) mass is 312 g/mol. The van der Waals surface area contributed by atoms with Gasteiger partial charge in [-0.3, -0.25) is 4.79 Å². The lowest BCUT2D eigenvalue weighted by atomic mass is 9.83. The molecule has 1 aromatic heterocycles. The average Bonchev–Trinajstić information content (AvgIpc) is 3.14. The van der Waals surface area contributed by atoms with Crippen molar-refractivity contribution in [3.05, 3.63) is 41.6 Å². The molecule has 0 amide bonds. The number of Topliss-reactive ketones (excluding diaryl/α,β-unsaturated/α-hetero) is 1. The third kappa shape index (κ3) is 2.32. The predicted octanol–water partition coefficient (Wildman–Crippen LogP) is 4.44. The predicted molar refractivity (Wildman–Crippen MR) is 86.7 cm³/mol. The number of ketones is 1. The van der Waals surface area contributed by atoms with Gasteiger partial charge in [-0.05, 0) is 31.4 Å². The first-order valence-corrected chi connectivity index (χ1v) is 8.50. The first-order valence-electron chi connectivity index (χ1n) is 8.50. The van der Waals surface area contributed by atoms with Crippen molar-refractivity contribution in [2.45, 2.75) is 51.5 Å². The average molecular weight is 312 g/mol. The number of nitrogens with zero attached hydrogens (tertiary/aromatic N) is 2. The molecule has 4 heteroatoms. The highest BCUT2D eigenvalue weighted by Gasteiger charge is 2.35. The van der Waals surface area contributed by atoms with Gasteiger partial charge in [0.25, 0.3) is 0 Å². The molecule has 2 aliphatic rings. The maximum absolute atomic E-state index is 14.5. The molecule has 3 nitrogen and oxygen atoms in total. The Kier molecular flexibility index (Phi) is 3.55. The molecule has 1 fully saturated rings. The maximum atomic E-state index is 14.5. The van der Waals surface area contributed by atoms with Crippen LogP contribution in [-0.4, -0.2) is 15.3 Å². The summed E-state index contributed by atoms with van der Waals surface area (Å²) < 4.78 is 16.5. The normalized spacial score (nSPS) is 20.3. The Morgan fingerprint density at radius 1 is 1.30 bits per heavy atom. The number of imidazole rings is 1. The van der Waals surface area contributed by atoms with Crippen molar-refractivity contribution in [3.8, 4) is 11.3 Å². The van der Waals surface area contributed by atoms with E-state index in [-0.39, 0.29) is 23.6 Å². The summed E-state index contributed by atoms with van der Waals surface area (Å²) in [4.78, 5) is 16.9. The molecule has 0 saturated heterocycles. The van der Waals surface area contributed by atoms with Gasteiger partial charge in [0.05, 0.1) is 24.3 Å². The molecule has 1 saturated carbocycles. The van der Waals surface area contributed by atoms with Crippen LogP contribution >= 0.6 is 0 Å². The molecule has 1 aromatic carbocycles. The van der Waals surface area contributed by atoms with Gasteiger partial charge < -0.3 is 4.57 Å². The summed E-state index contributed by atoms with van der Waals surface area (Å²) in [6.07, 6.45) is 9.38. The van der Waals surface area contributed by atoms with Gasteiger partial charge in [-0.15, -0.1) is 0 Å². The van der Waals surface area contributed by atoms with Gasteiger partial charge in [-0.2, -0.15) is 0 Å². The molecule has 0 bridgehead atoms. The van der Waals surface area contributed by atoms with E-state index in [1.807, 2.05) is 11.5 Å². The van der Waals surface area contributed by atoms with E-state index >= 15 is 0 Å². The molecule has 1 aliphatic heterocycles. The van der Waals surface area contributed by atoms with Crippen LogP contribution in [0.1, 0.15) is 55.7 Å². The Bertz CT molecular complexity index is 759. The molecule has 4 rings (SSSR count). The molecular formula is C19H21FN2O. The molecule has 1 atom stereocenters. The van der Waals surface area contributed by atoms with Crippen molar-refractivity contribution in [2.24, 2.45) is 5.92 Å². The zero-order valence-corrected chi connectivity index (χ0v) is 13.4. The fourth-order valence-corrected chi connectivity index (χ4v) is 4.24. The fourth-order valence-electron chi connectivity index (χ4n) is 4.24. The number of hydrogen-bond acceptors (Lipinski definition) is 2.